The monoisotopic (exact) mass is 215 g/mol. The number of ether oxygens (including phenoxy) is 2. The van der Waals surface area contributed by atoms with Gasteiger partial charge < -0.3 is 14.8 Å². The summed E-state index contributed by atoms with van der Waals surface area (Å²) in [6, 6.07) is 0.320. The maximum absolute atomic E-state index is 11.0. The van der Waals surface area contributed by atoms with Gasteiger partial charge in [-0.2, -0.15) is 0 Å². The van der Waals surface area contributed by atoms with Gasteiger partial charge >= 0.3 is 0 Å². The molecule has 0 radical (unpaired) electrons. The molecule has 1 fully saturated rings. The first-order valence-corrected chi connectivity index (χ1v) is 5.78. The Morgan fingerprint density at radius 2 is 2.07 bits per heavy atom. The van der Waals surface area contributed by atoms with Crippen LogP contribution in [0.3, 0.4) is 0 Å². The van der Waals surface area contributed by atoms with E-state index in [-0.39, 0.29) is 12.2 Å². The number of carbonyl (C=O) groups excluding carboxylic acids is 1. The Morgan fingerprint density at radius 1 is 1.40 bits per heavy atom. The van der Waals surface area contributed by atoms with Gasteiger partial charge in [0.2, 0.25) is 5.91 Å². The van der Waals surface area contributed by atoms with Crippen LogP contribution in [0.15, 0.2) is 0 Å². The second kappa shape index (κ2) is 6.80. The van der Waals surface area contributed by atoms with Crippen molar-refractivity contribution >= 4 is 5.91 Å². The Bertz CT molecular complexity index is 190. The highest BCUT2D eigenvalue weighted by Crippen LogP contribution is 2.14. The second-order valence-electron chi connectivity index (χ2n) is 3.72. The molecule has 0 aromatic heterocycles. The van der Waals surface area contributed by atoms with Crippen molar-refractivity contribution in [1.82, 2.24) is 5.32 Å². The summed E-state index contributed by atoms with van der Waals surface area (Å²) in [6.45, 7) is 5.26. The summed E-state index contributed by atoms with van der Waals surface area (Å²) in [5.41, 5.74) is 0. The molecule has 1 N–H and O–H groups in total. The van der Waals surface area contributed by atoms with Gasteiger partial charge in [0.05, 0.1) is 0 Å². The lowest BCUT2D eigenvalue weighted by Crippen LogP contribution is -2.27. The van der Waals surface area contributed by atoms with Crippen molar-refractivity contribution < 1.29 is 14.3 Å². The van der Waals surface area contributed by atoms with Crippen LogP contribution in [-0.2, 0) is 14.3 Å². The van der Waals surface area contributed by atoms with Gasteiger partial charge in [0.15, 0.2) is 6.29 Å². The normalized spacial score (nSPS) is 21.0. The molecule has 0 spiro atoms. The summed E-state index contributed by atoms with van der Waals surface area (Å²) in [5.74, 6) is 0.171. The lowest BCUT2D eigenvalue weighted by atomic mass is 10.1. The predicted octanol–water partition coefficient (Wildman–Crippen LogP) is 1.44. The highest BCUT2D eigenvalue weighted by molar-refractivity contribution is 5.78. The molecule has 1 aliphatic rings. The van der Waals surface area contributed by atoms with Crippen molar-refractivity contribution in [1.29, 1.82) is 0 Å². The van der Waals surface area contributed by atoms with E-state index >= 15 is 0 Å². The van der Waals surface area contributed by atoms with E-state index < -0.39 is 0 Å². The summed E-state index contributed by atoms with van der Waals surface area (Å²) in [6.07, 6.45) is 3.29. The molecule has 1 heterocycles. The molecule has 1 unspecified atom stereocenters. The minimum atomic E-state index is -0.113. The highest BCUT2D eigenvalue weighted by atomic mass is 16.7. The van der Waals surface area contributed by atoms with Crippen molar-refractivity contribution in [3.63, 3.8) is 0 Å². The first kappa shape index (κ1) is 12.5. The first-order valence-electron chi connectivity index (χ1n) is 5.78. The average molecular weight is 215 g/mol. The van der Waals surface area contributed by atoms with Crippen LogP contribution < -0.4 is 5.32 Å². The number of hydrogen-bond donors (Lipinski definition) is 1. The van der Waals surface area contributed by atoms with Gasteiger partial charge in [-0.05, 0) is 26.7 Å². The minimum Gasteiger partial charge on any atom is -0.353 e. The summed E-state index contributed by atoms with van der Waals surface area (Å²) < 4.78 is 10.9. The maximum atomic E-state index is 11.0. The fourth-order valence-electron chi connectivity index (χ4n) is 1.82. The van der Waals surface area contributed by atoms with Crippen LogP contribution in [0.1, 0.15) is 39.5 Å². The largest absolute Gasteiger partial charge is 0.353 e. The molecule has 0 aliphatic carbocycles. The fourth-order valence-corrected chi connectivity index (χ4v) is 1.82. The Balaban J connectivity index is 2.17. The fraction of sp³-hybridized carbons (Fsp3) is 0.909. The summed E-state index contributed by atoms with van der Waals surface area (Å²) >= 11 is 0. The lowest BCUT2D eigenvalue weighted by molar-refractivity contribution is -0.141. The van der Waals surface area contributed by atoms with Crippen molar-refractivity contribution in [2.24, 2.45) is 0 Å². The Morgan fingerprint density at radius 3 is 2.53 bits per heavy atom. The lowest BCUT2D eigenvalue weighted by Gasteiger charge is -2.18. The van der Waals surface area contributed by atoms with Crippen molar-refractivity contribution in [3.05, 3.63) is 0 Å². The Kier molecular flexibility index (Phi) is 5.65. The molecule has 4 heteroatoms. The van der Waals surface area contributed by atoms with Gasteiger partial charge in [0, 0.05) is 32.1 Å². The van der Waals surface area contributed by atoms with Crippen molar-refractivity contribution in [2.75, 3.05) is 13.2 Å². The predicted molar refractivity (Wildman–Crippen MR) is 57.4 cm³/mol. The van der Waals surface area contributed by atoms with E-state index in [4.69, 9.17) is 9.47 Å². The molecule has 0 saturated carbocycles. The Hall–Kier alpha value is -0.610. The molecule has 0 bridgehead atoms. The molecular formula is C11H21NO3. The van der Waals surface area contributed by atoms with E-state index in [9.17, 15) is 4.79 Å². The van der Waals surface area contributed by atoms with Crippen LogP contribution in [0.4, 0.5) is 0 Å². The second-order valence-corrected chi connectivity index (χ2v) is 3.72. The first-order chi connectivity index (χ1) is 7.26. The van der Waals surface area contributed by atoms with Gasteiger partial charge in [-0.1, -0.05) is 0 Å². The molecular weight excluding hydrogens is 194 g/mol. The third-order valence-corrected chi connectivity index (χ3v) is 2.54. The van der Waals surface area contributed by atoms with E-state index in [1.54, 1.807) is 0 Å². The molecule has 1 rings (SSSR count). The molecule has 0 aromatic carbocycles. The van der Waals surface area contributed by atoms with E-state index in [1.165, 1.54) is 0 Å². The Labute approximate surface area is 91.3 Å². The third kappa shape index (κ3) is 4.62. The van der Waals surface area contributed by atoms with Gasteiger partial charge in [-0.25, -0.2) is 0 Å². The van der Waals surface area contributed by atoms with Crippen LogP contribution in [0, 0.1) is 0 Å². The number of carbonyl (C=O) groups is 1. The van der Waals surface area contributed by atoms with Gasteiger partial charge in [0.25, 0.3) is 0 Å². The van der Waals surface area contributed by atoms with E-state index in [0.29, 0.717) is 25.7 Å². The molecule has 1 amide bonds. The summed E-state index contributed by atoms with van der Waals surface area (Å²) in [7, 11) is 0. The van der Waals surface area contributed by atoms with Crippen LogP contribution in [-0.4, -0.2) is 31.5 Å². The summed E-state index contributed by atoms with van der Waals surface area (Å²) in [5, 5.41) is 2.94. The van der Waals surface area contributed by atoms with E-state index in [1.807, 2.05) is 13.8 Å². The molecule has 1 aliphatic heterocycles. The molecule has 88 valence electrons. The minimum absolute atomic E-state index is 0.113. The van der Waals surface area contributed by atoms with Crippen LogP contribution in [0.2, 0.25) is 0 Å². The SMILES string of the molecule is CCOC(CCC1CCC(=O)N1)OCC. The van der Waals surface area contributed by atoms with Crippen LogP contribution in [0.5, 0.6) is 0 Å². The quantitative estimate of drug-likeness (QED) is 0.654. The van der Waals surface area contributed by atoms with E-state index in [2.05, 4.69) is 5.32 Å². The third-order valence-electron chi connectivity index (χ3n) is 2.54. The molecule has 15 heavy (non-hydrogen) atoms. The molecule has 4 nitrogen and oxygen atoms in total. The smallest absolute Gasteiger partial charge is 0.220 e. The number of rotatable bonds is 7. The summed E-state index contributed by atoms with van der Waals surface area (Å²) in [4.78, 5) is 11.0. The highest BCUT2D eigenvalue weighted by Gasteiger charge is 2.21. The zero-order chi connectivity index (χ0) is 11.1. The zero-order valence-electron chi connectivity index (χ0n) is 9.62. The molecule has 0 aromatic rings. The standard InChI is InChI=1S/C11H21NO3/c1-3-14-11(15-4-2)8-6-9-5-7-10(13)12-9/h9,11H,3-8H2,1-2H3,(H,12,13). The van der Waals surface area contributed by atoms with Crippen molar-refractivity contribution in [2.45, 2.75) is 51.9 Å². The van der Waals surface area contributed by atoms with Gasteiger partial charge in [-0.15, -0.1) is 0 Å². The van der Waals surface area contributed by atoms with Gasteiger partial charge in [-0.3, -0.25) is 4.79 Å². The number of amides is 1. The number of nitrogens with one attached hydrogen (secondary N) is 1. The maximum Gasteiger partial charge on any atom is 0.220 e. The van der Waals surface area contributed by atoms with Crippen LogP contribution in [0.25, 0.3) is 0 Å². The zero-order valence-corrected chi connectivity index (χ0v) is 9.62. The molecule has 1 atom stereocenters. The van der Waals surface area contributed by atoms with E-state index in [0.717, 1.165) is 19.3 Å². The van der Waals surface area contributed by atoms with Crippen LogP contribution >= 0.6 is 0 Å². The topological polar surface area (TPSA) is 47.6 Å². The van der Waals surface area contributed by atoms with Crippen molar-refractivity contribution in [3.8, 4) is 0 Å². The molecule has 1 saturated heterocycles. The number of hydrogen-bond acceptors (Lipinski definition) is 3. The van der Waals surface area contributed by atoms with Gasteiger partial charge in [0.1, 0.15) is 0 Å². The average Bonchev–Trinajstić information content (AvgIpc) is 2.61.